The Hall–Kier alpha value is -0.740. The molecule has 0 amide bonds. The lowest BCUT2D eigenvalue weighted by Crippen LogP contribution is -2.32. The molecule has 1 aliphatic rings. The third-order valence-corrected chi connectivity index (χ3v) is 3.97. The lowest BCUT2D eigenvalue weighted by atomic mass is 9.95. The van der Waals surface area contributed by atoms with Crippen LogP contribution >= 0.6 is 11.6 Å². The molecule has 1 aromatic carbocycles. The molecule has 0 aromatic heterocycles. The minimum atomic E-state index is -4.26. The molecule has 0 heterocycles. The molecule has 1 saturated carbocycles. The van der Waals surface area contributed by atoms with Crippen LogP contribution in [0.1, 0.15) is 36.8 Å². The average molecular weight is 292 g/mol. The van der Waals surface area contributed by atoms with Gasteiger partial charge in [-0.15, -0.1) is 11.6 Å². The van der Waals surface area contributed by atoms with Crippen molar-refractivity contribution < 1.29 is 13.2 Å². The number of hydrogen-bond acceptors (Lipinski definition) is 1. The van der Waals surface area contributed by atoms with Crippen molar-refractivity contribution in [2.24, 2.45) is 0 Å². The van der Waals surface area contributed by atoms with Crippen LogP contribution in [0.3, 0.4) is 0 Å². The van der Waals surface area contributed by atoms with E-state index in [1.807, 2.05) is 0 Å². The molecule has 5 heteroatoms. The molecule has 1 aliphatic carbocycles. The molecule has 0 atom stereocenters. The van der Waals surface area contributed by atoms with Gasteiger partial charge < -0.3 is 5.32 Å². The highest BCUT2D eigenvalue weighted by Crippen LogP contribution is 2.29. The zero-order valence-corrected chi connectivity index (χ0v) is 11.3. The number of rotatable bonds is 3. The van der Waals surface area contributed by atoms with Crippen LogP contribution in [0.15, 0.2) is 24.3 Å². The molecule has 0 spiro atoms. The summed E-state index contributed by atoms with van der Waals surface area (Å²) in [5.74, 6) is 0. The van der Waals surface area contributed by atoms with E-state index in [9.17, 15) is 13.2 Å². The van der Waals surface area contributed by atoms with E-state index in [0.717, 1.165) is 43.4 Å². The monoisotopic (exact) mass is 291 g/mol. The van der Waals surface area contributed by atoms with Crippen LogP contribution < -0.4 is 5.32 Å². The van der Waals surface area contributed by atoms with Crippen molar-refractivity contribution in [3.63, 3.8) is 0 Å². The third kappa shape index (κ3) is 4.39. The van der Waals surface area contributed by atoms with Crippen LogP contribution in [-0.2, 0) is 12.7 Å². The highest BCUT2D eigenvalue weighted by molar-refractivity contribution is 6.20. The molecule has 0 saturated heterocycles. The lowest BCUT2D eigenvalue weighted by Gasteiger charge is -2.26. The molecule has 1 aromatic rings. The fourth-order valence-corrected chi connectivity index (χ4v) is 2.58. The molecule has 0 radical (unpaired) electrons. The molecule has 1 fully saturated rings. The summed E-state index contributed by atoms with van der Waals surface area (Å²) in [5, 5.41) is 3.66. The van der Waals surface area contributed by atoms with Crippen LogP contribution in [0.2, 0.25) is 0 Å². The number of alkyl halides is 4. The number of hydrogen-bond donors (Lipinski definition) is 1. The molecule has 2 rings (SSSR count). The number of benzene rings is 1. The second-order valence-electron chi connectivity index (χ2n) is 5.02. The van der Waals surface area contributed by atoms with E-state index in [2.05, 4.69) is 5.32 Å². The van der Waals surface area contributed by atoms with Gasteiger partial charge in [-0.1, -0.05) is 12.1 Å². The van der Waals surface area contributed by atoms with Crippen LogP contribution in [0.25, 0.3) is 0 Å². The largest absolute Gasteiger partial charge is 0.416 e. The van der Waals surface area contributed by atoms with Crippen molar-refractivity contribution in [1.82, 2.24) is 5.32 Å². The van der Waals surface area contributed by atoms with Crippen LogP contribution in [-0.4, -0.2) is 11.4 Å². The zero-order chi connectivity index (χ0) is 13.9. The van der Waals surface area contributed by atoms with Gasteiger partial charge in [-0.2, -0.15) is 13.2 Å². The molecular weight excluding hydrogens is 275 g/mol. The van der Waals surface area contributed by atoms with Crippen molar-refractivity contribution in [3.05, 3.63) is 35.4 Å². The first kappa shape index (κ1) is 14.7. The molecule has 1 N–H and O–H groups in total. The van der Waals surface area contributed by atoms with Crippen LogP contribution in [0.4, 0.5) is 13.2 Å². The lowest BCUT2D eigenvalue weighted by molar-refractivity contribution is -0.137. The Balaban J connectivity index is 1.83. The van der Waals surface area contributed by atoms with E-state index in [1.165, 1.54) is 12.1 Å². The average Bonchev–Trinajstić information content (AvgIpc) is 2.37. The molecule has 0 unspecified atom stereocenters. The van der Waals surface area contributed by atoms with Gasteiger partial charge in [-0.25, -0.2) is 0 Å². The van der Waals surface area contributed by atoms with Crippen molar-refractivity contribution in [2.75, 3.05) is 0 Å². The highest BCUT2D eigenvalue weighted by Gasteiger charge is 2.29. The first-order chi connectivity index (χ1) is 8.95. The van der Waals surface area contributed by atoms with Crippen LogP contribution in [0, 0.1) is 0 Å². The van der Waals surface area contributed by atoms with Crippen molar-refractivity contribution in [2.45, 2.75) is 49.8 Å². The smallest absolute Gasteiger partial charge is 0.310 e. The molecule has 1 nitrogen and oxygen atoms in total. The predicted octanol–water partition coefficient (Wildman–Crippen LogP) is 4.35. The maximum absolute atomic E-state index is 12.4. The molecule has 106 valence electrons. The van der Waals surface area contributed by atoms with E-state index in [0.29, 0.717) is 12.6 Å². The number of halogens is 4. The number of nitrogens with one attached hydrogen (secondary N) is 1. The molecule has 0 bridgehead atoms. The van der Waals surface area contributed by atoms with E-state index >= 15 is 0 Å². The Morgan fingerprint density at radius 1 is 1.05 bits per heavy atom. The predicted molar refractivity (Wildman–Crippen MR) is 70.2 cm³/mol. The van der Waals surface area contributed by atoms with Gasteiger partial charge in [0.25, 0.3) is 0 Å². The maximum Gasteiger partial charge on any atom is 0.416 e. The Kier molecular flexibility index (Phi) is 4.74. The van der Waals surface area contributed by atoms with E-state index in [4.69, 9.17) is 11.6 Å². The summed E-state index contributed by atoms with van der Waals surface area (Å²) in [7, 11) is 0. The normalized spacial score (nSPS) is 24.4. The summed E-state index contributed by atoms with van der Waals surface area (Å²) >= 11 is 6.02. The third-order valence-electron chi connectivity index (χ3n) is 3.53. The topological polar surface area (TPSA) is 12.0 Å². The van der Waals surface area contributed by atoms with Gasteiger partial charge in [0.15, 0.2) is 0 Å². The van der Waals surface area contributed by atoms with Gasteiger partial charge in [0.1, 0.15) is 0 Å². The Morgan fingerprint density at radius 3 is 2.16 bits per heavy atom. The first-order valence-electron chi connectivity index (χ1n) is 6.49. The highest BCUT2D eigenvalue weighted by atomic mass is 35.5. The molecule has 0 aliphatic heterocycles. The second-order valence-corrected chi connectivity index (χ2v) is 5.64. The van der Waals surface area contributed by atoms with Gasteiger partial charge in [-0.05, 0) is 43.4 Å². The molecule has 19 heavy (non-hydrogen) atoms. The maximum atomic E-state index is 12.4. The van der Waals surface area contributed by atoms with Gasteiger partial charge in [0.05, 0.1) is 5.56 Å². The van der Waals surface area contributed by atoms with Crippen molar-refractivity contribution >= 4 is 11.6 Å². The zero-order valence-electron chi connectivity index (χ0n) is 10.5. The fraction of sp³-hybridized carbons (Fsp3) is 0.571. The van der Waals surface area contributed by atoms with E-state index in [-0.39, 0.29) is 5.38 Å². The summed E-state index contributed by atoms with van der Waals surface area (Å²) in [6.45, 7) is 0.607. The van der Waals surface area contributed by atoms with Crippen LogP contribution in [0.5, 0.6) is 0 Å². The van der Waals surface area contributed by atoms with Crippen molar-refractivity contribution in [1.29, 1.82) is 0 Å². The summed E-state index contributed by atoms with van der Waals surface area (Å²) in [6, 6.07) is 5.75. The minimum absolute atomic E-state index is 0.282. The second kappa shape index (κ2) is 6.14. The summed E-state index contributed by atoms with van der Waals surface area (Å²) in [4.78, 5) is 0. The van der Waals surface area contributed by atoms with E-state index in [1.54, 1.807) is 0 Å². The van der Waals surface area contributed by atoms with Gasteiger partial charge in [-0.3, -0.25) is 0 Å². The van der Waals surface area contributed by atoms with Gasteiger partial charge in [0, 0.05) is 18.0 Å². The first-order valence-corrected chi connectivity index (χ1v) is 6.92. The fourth-order valence-electron chi connectivity index (χ4n) is 2.33. The van der Waals surface area contributed by atoms with Gasteiger partial charge >= 0.3 is 6.18 Å². The van der Waals surface area contributed by atoms with E-state index < -0.39 is 11.7 Å². The van der Waals surface area contributed by atoms with Gasteiger partial charge in [0.2, 0.25) is 0 Å². The Morgan fingerprint density at radius 2 is 1.63 bits per heavy atom. The summed E-state index contributed by atoms with van der Waals surface area (Å²) < 4.78 is 37.2. The quantitative estimate of drug-likeness (QED) is 0.817. The standard InChI is InChI=1S/C14H17ClF3N/c15-12-5-7-13(8-6-12)19-9-10-1-3-11(4-2-10)14(16,17)18/h1-4,12-13,19H,5-9H2. The Labute approximate surface area is 116 Å². The molecular formula is C14H17ClF3N. The minimum Gasteiger partial charge on any atom is -0.310 e. The SMILES string of the molecule is FC(F)(F)c1ccc(CNC2CCC(Cl)CC2)cc1. The van der Waals surface area contributed by atoms with Crippen molar-refractivity contribution in [3.8, 4) is 0 Å². The summed E-state index contributed by atoms with van der Waals surface area (Å²) in [6.07, 6.45) is -0.174. The summed E-state index contributed by atoms with van der Waals surface area (Å²) in [5.41, 5.74) is 0.278. The Bertz CT molecular complexity index is 394.